The fourth-order valence-electron chi connectivity index (χ4n) is 3.08. The molecule has 3 rings (SSSR count). The number of nitrogens with zero attached hydrogens (tertiary/aromatic N) is 2. The molecule has 4 nitrogen and oxygen atoms in total. The Morgan fingerprint density at radius 3 is 2.85 bits per heavy atom. The van der Waals surface area contributed by atoms with Crippen molar-refractivity contribution in [1.82, 2.24) is 10.2 Å². The average Bonchev–Trinajstić information content (AvgIpc) is 2.48. The van der Waals surface area contributed by atoms with Crippen LogP contribution in [0.2, 0.25) is 0 Å². The van der Waals surface area contributed by atoms with Gasteiger partial charge in [-0.2, -0.15) is 0 Å². The Hall–Kier alpha value is -1.26. The van der Waals surface area contributed by atoms with E-state index >= 15 is 0 Å². The van der Waals surface area contributed by atoms with Crippen molar-refractivity contribution in [2.75, 3.05) is 51.2 Å². The summed E-state index contributed by atoms with van der Waals surface area (Å²) < 4.78 is 6.20. The van der Waals surface area contributed by atoms with Crippen molar-refractivity contribution < 1.29 is 4.74 Å². The van der Waals surface area contributed by atoms with Crippen molar-refractivity contribution >= 4 is 5.69 Å². The van der Waals surface area contributed by atoms with Crippen molar-refractivity contribution in [1.29, 1.82) is 0 Å². The van der Waals surface area contributed by atoms with Gasteiger partial charge in [0.05, 0.1) is 12.2 Å². The largest absolute Gasteiger partial charge is 0.485 e. The van der Waals surface area contributed by atoms with Gasteiger partial charge in [0.2, 0.25) is 0 Å². The number of fused-ring (bicyclic) bond motifs is 1. The maximum absolute atomic E-state index is 6.20. The van der Waals surface area contributed by atoms with Crippen LogP contribution in [-0.2, 0) is 6.42 Å². The Kier molecular flexibility index (Phi) is 4.13. The molecule has 2 heterocycles. The van der Waals surface area contributed by atoms with Gasteiger partial charge in [-0.3, -0.25) is 4.90 Å². The van der Waals surface area contributed by atoms with Crippen molar-refractivity contribution in [2.45, 2.75) is 19.4 Å². The Morgan fingerprint density at radius 1 is 1.30 bits per heavy atom. The average molecular weight is 275 g/mol. The standard InChI is InChI=1S/C16H25N3O/c1-3-13-4-5-16-15(10-13)18(2)11-14(20-16)12-19-8-6-17-7-9-19/h4-5,10,14,17H,3,6-9,11-12H2,1-2H3. The van der Waals surface area contributed by atoms with E-state index in [9.17, 15) is 0 Å². The number of aryl methyl sites for hydroxylation is 1. The number of hydrogen-bond acceptors (Lipinski definition) is 4. The van der Waals surface area contributed by atoms with E-state index in [-0.39, 0.29) is 6.10 Å². The highest BCUT2D eigenvalue weighted by Gasteiger charge is 2.25. The van der Waals surface area contributed by atoms with Gasteiger partial charge in [-0.1, -0.05) is 13.0 Å². The molecule has 1 aromatic rings. The summed E-state index contributed by atoms with van der Waals surface area (Å²) in [4.78, 5) is 4.84. The molecule has 0 radical (unpaired) electrons. The third-order valence-corrected chi connectivity index (χ3v) is 4.29. The number of benzene rings is 1. The van der Waals surface area contributed by atoms with E-state index in [1.54, 1.807) is 0 Å². The third-order valence-electron chi connectivity index (χ3n) is 4.29. The summed E-state index contributed by atoms with van der Waals surface area (Å²) in [6.45, 7) is 8.65. The van der Waals surface area contributed by atoms with Crippen LogP contribution in [0.25, 0.3) is 0 Å². The van der Waals surface area contributed by atoms with Crippen molar-refractivity contribution in [3.63, 3.8) is 0 Å². The molecule has 0 aliphatic carbocycles. The van der Waals surface area contributed by atoms with Crippen molar-refractivity contribution in [3.8, 4) is 5.75 Å². The molecular formula is C16H25N3O. The number of ether oxygens (including phenoxy) is 1. The molecule has 0 bridgehead atoms. The lowest BCUT2D eigenvalue weighted by molar-refractivity contribution is 0.121. The van der Waals surface area contributed by atoms with E-state index in [1.165, 1.54) is 11.3 Å². The monoisotopic (exact) mass is 275 g/mol. The van der Waals surface area contributed by atoms with Crippen LogP contribution in [0.1, 0.15) is 12.5 Å². The Balaban J connectivity index is 1.68. The summed E-state index contributed by atoms with van der Waals surface area (Å²) in [7, 11) is 2.17. The summed E-state index contributed by atoms with van der Waals surface area (Å²) in [5.41, 5.74) is 2.61. The van der Waals surface area contributed by atoms with E-state index in [1.807, 2.05) is 0 Å². The van der Waals surface area contributed by atoms with Gasteiger partial charge in [0.25, 0.3) is 0 Å². The quantitative estimate of drug-likeness (QED) is 0.901. The highest BCUT2D eigenvalue weighted by molar-refractivity contribution is 5.61. The molecule has 110 valence electrons. The lowest BCUT2D eigenvalue weighted by Gasteiger charge is -2.37. The highest BCUT2D eigenvalue weighted by Crippen LogP contribution is 2.33. The van der Waals surface area contributed by atoms with Crippen LogP contribution in [0.5, 0.6) is 5.75 Å². The fraction of sp³-hybridized carbons (Fsp3) is 0.625. The van der Waals surface area contributed by atoms with Gasteiger partial charge in [0.15, 0.2) is 0 Å². The van der Waals surface area contributed by atoms with Crippen molar-refractivity contribution in [2.24, 2.45) is 0 Å². The zero-order valence-corrected chi connectivity index (χ0v) is 12.6. The predicted octanol–water partition coefficient (Wildman–Crippen LogP) is 1.35. The van der Waals surface area contributed by atoms with Gasteiger partial charge in [0.1, 0.15) is 11.9 Å². The first kappa shape index (κ1) is 13.7. The molecule has 0 saturated carbocycles. The second kappa shape index (κ2) is 6.02. The normalized spacial score (nSPS) is 23.3. The number of likely N-dealkylation sites (N-methyl/N-ethyl adjacent to an activating group) is 1. The SMILES string of the molecule is CCc1ccc2c(c1)N(C)CC(CN1CCNCC1)O2. The van der Waals surface area contributed by atoms with Crippen LogP contribution in [-0.4, -0.2) is 57.3 Å². The Bertz CT molecular complexity index is 457. The van der Waals surface area contributed by atoms with Crippen LogP contribution in [0, 0.1) is 0 Å². The summed E-state index contributed by atoms with van der Waals surface area (Å²) >= 11 is 0. The molecular weight excluding hydrogens is 250 g/mol. The first-order valence-electron chi connectivity index (χ1n) is 7.70. The van der Waals surface area contributed by atoms with E-state index in [2.05, 4.69) is 47.3 Å². The van der Waals surface area contributed by atoms with Crippen LogP contribution in [0.3, 0.4) is 0 Å². The number of nitrogens with one attached hydrogen (secondary N) is 1. The van der Waals surface area contributed by atoms with Gasteiger partial charge < -0.3 is 15.0 Å². The third kappa shape index (κ3) is 2.91. The van der Waals surface area contributed by atoms with E-state index in [0.29, 0.717) is 0 Å². The summed E-state index contributed by atoms with van der Waals surface area (Å²) in [5, 5.41) is 3.40. The number of anilines is 1. The summed E-state index contributed by atoms with van der Waals surface area (Å²) in [6, 6.07) is 6.57. The molecule has 2 aliphatic rings. The minimum Gasteiger partial charge on any atom is -0.485 e. The molecule has 0 aromatic heterocycles. The van der Waals surface area contributed by atoms with Crippen LogP contribution < -0.4 is 15.0 Å². The van der Waals surface area contributed by atoms with Crippen LogP contribution in [0.15, 0.2) is 18.2 Å². The maximum Gasteiger partial charge on any atom is 0.143 e. The highest BCUT2D eigenvalue weighted by atomic mass is 16.5. The first-order chi connectivity index (χ1) is 9.76. The predicted molar refractivity (Wildman–Crippen MR) is 82.8 cm³/mol. The first-order valence-corrected chi connectivity index (χ1v) is 7.70. The minimum atomic E-state index is 0.276. The van der Waals surface area contributed by atoms with Gasteiger partial charge in [-0.25, -0.2) is 0 Å². The molecule has 4 heteroatoms. The fourth-order valence-corrected chi connectivity index (χ4v) is 3.08. The lowest BCUT2D eigenvalue weighted by atomic mass is 10.1. The van der Waals surface area contributed by atoms with E-state index in [4.69, 9.17) is 4.74 Å². The topological polar surface area (TPSA) is 27.7 Å². The molecule has 1 N–H and O–H groups in total. The van der Waals surface area contributed by atoms with E-state index in [0.717, 1.165) is 51.4 Å². The number of hydrogen-bond donors (Lipinski definition) is 1. The van der Waals surface area contributed by atoms with E-state index < -0.39 is 0 Å². The Morgan fingerprint density at radius 2 is 2.10 bits per heavy atom. The Labute approximate surface area is 121 Å². The smallest absolute Gasteiger partial charge is 0.143 e. The van der Waals surface area contributed by atoms with Gasteiger partial charge in [-0.05, 0) is 24.1 Å². The molecule has 20 heavy (non-hydrogen) atoms. The molecule has 1 aromatic carbocycles. The molecule has 1 unspecified atom stereocenters. The van der Waals surface area contributed by atoms with Crippen LogP contribution in [0.4, 0.5) is 5.69 Å². The zero-order valence-electron chi connectivity index (χ0n) is 12.6. The second-order valence-corrected chi connectivity index (χ2v) is 5.83. The number of rotatable bonds is 3. The zero-order chi connectivity index (χ0) is 13.9. The van der Waals surface area contributed by atoms with Crippen LogP contribution >= 0.6 is 0 Å². The summed E-state index contributed by atoms with van der Waals surface area (Å²) in [6.07, 6.45) is 1.35. The second-order valence-electron chi connectivity index (χ2n) is 5.83. The van der Waals surface area contributed by atoms with Crippen molar-refractivity contribution in [3.05, 3.63) is 23.8 Å². The van der Waals surface area contributed by atoms with Gasteiger partial charge in [-0.15, -0.1) is 0 Å². The molecule has 1 saturated heterocycles. The molecule has 0 spiro atoms. The molecule has 1 fully saturated rings. The minimum absolute atomic E-state index is 0.276. The maximum atomic E-state index is 6.20. The molecule has 1 atom stereocenters. The molecule has 2 aliphatic heterocycles. The van der Waals surface area contributed by atoms with Gasteiger partial charge >= 0.3 is 0 Å². The summed E-state index contributed by atoms with van der Waals surface area (Å²) in [5.74, 6) is 1.04. The number of piperazine rings is 1. The van der Waals surface area contributed by atoms with Gasteiger partial charge in [0, 0.05) is 39.8 Å². The lowest BCUT2D eigenvalue weighted by Crippen LogP contribution is -2.50. The molecule has 0 amide bonds.